The van der Waals surface area contributed by atoms with Crippen LogP contribution in [0.25, 0.3) is 0 Å². The van der Waals surface area contributed by atoms with Gasteiger partial charge in [-0.2, -0.15) is 15.4 Å². The monoisotopic (exact) mass is 295 g/mol. The van der Waals surface area contributed by atoms with Gasteiger partial charge >= 0.3 is 6.09 Å². The van der Waals surface area contributed by atoms with Crippen molar-refractivity contribution < 1.29 is 14.7 Å². The minimum Gasteiger partial charge on any atom is -0.465 e. The van der Waals surface area contributed by atoms with Crippen molar-refractivity contribution >= 4 is 12.0 Å². The average molecular weight is 295 g/mol. The summed E-state index contributed by atoms with van der Waals surface area (Å²) in [5, 5.41) is 22.7. The van der Waals surface area contributed by atoms with E-state index in [2.05, 4.69) is 20.7 Å². The molecule has 1 aliphatic heterocycles. The predicted octanol–water partition coefficient (Wildman–Crippen LogP) is 1.29. The van der Waals surface area contributed by atoms with Crippen LogP contribution in [0.2, 0.25) is 0 Å². The Balaban J connectivity index is 2.25. The van der Waals surface area contributed by atoms with Crippen LogP contribution >= 0.6 is 0 Å². The van der Waals surface area contributed by atoms with Crippen LogP contribution in [0.5, 0.6) is 0 Å². The van der Waals surface area contributed by atoms with Crippen LogP contribution in [0.15, 0.2) is 6.20 Å². The van der Waals surface area contributed by atoms with Gasteiger partial charge in [0.05, 0.1) is 11.9 Å². The van der Waals surface area contributed by atoms with Gasteiger partial charge in [0.1, 0.15) is 6.17 Å². The third kappa shape index (κ3) is 3.71. The third-order valence-corrected chi connectivity index (χ3v) is 3.73. The fraction of sp³-hybridized carbons (Fsp3) is 0.692. The van der Waals surface area contributed by atoms with Crippen molar-refractivity contribution in [3.8, 4) is 0 Å². The summed E-state index contributed by atoms with van der Waals surface area (Å²) >= 11 is 0. The van der Waals surface area contributed by atoms with Gasteiger partial charge in [0.2, 0.25) is 5.91 Å². The lowest BCUT2D eigenvalue weighted by Gasteiger charge is -2.32. The van der Waals surface area contributed by atoms with E-state index in [9.17, 15) is 14.7 Å². The summed E-state index contributed by atoms with van der Waals surface area (Å²) in [4.78, 5) is 24.7. The molecule has 8 heteroatoms. The molecule has 1 aromatic rings. The number of carboxylic acid groups (broad SMARTS) is 1. The van der Waals surface area contributed by atoms with Crippen molar-refractivity contribution in [3.63, 3.8) is 0 Å². The minimum absolute atomic E-state index is 0.135. The number of hydrogen-bond acceptors (Lipinski definition) is 4. The first kappa shape index (κ1) is 15.3. The maximum Gasteiger partial charge on any atom is 0.408 e. The van der Waals surface area contributed by atoms with Crippen molar-refractivity contribution in [2.75, 3.05) is 6.54 Å². The Bertz CT molecular complexity index is 476. The van der Waals surface area contributed by atoms with Gasteiger partial charge in [-0.25, -0.2) is 4.79 Å². The van der Waals surface area contributed by atoms with Crippen molar-refractivity contribution in [2.45, 2.75) is 51.1 Å². The predicted molar refractivity (Wildman–Crippen MR) is 74.5 cm³/mol. The Morgan fingerprint density at radius 3 is 2.95 bits per heavy atom. The number of aromatic amines is 1. The van der Waals surface area contributed by atoms with Crippen LogP contribution in [-0.4, -0.2) is 50.1 Å². The second-order valence-electron chi connectivity index (χ2n) is 5.24. The number of nitrogens with zero attached hydrogens (tertiary/aromatic N) is 3. The lowest BCUT2D eigenvalue weighted by molar-refractivity contribution is -0.123. The molecule has 116 valence electrons. The maximum atomic E-state index is 11.9. The van der Waals surface area contributed by atoms with Crippen LogP contribution in [0.1, 0.15) is 50.6 Å². The molecule has 21 heavy (non-hydrogen) atoms. The van der Waals surface area contributed by atoms with E-state index >= 15 is 0 Å². The average Bonchev–Trinajstić information content (AvgIpc) is 2.88. The summed E-state index contributed by atoms with van der Waals surface area (Å²) in [5.74, 6) is -0.313. The number of carbonyl (C=O) groups is 2. The number of likely N-dealkylation sites (tertiary alicyclic amines) is 1. The Morgan fingerprint density at radius 1 is 1.52 bits per heavy atom. The number of H-pyrrole nitrogens is 1. The number of hydrogen-bond donors (Lipinski definition) is 3. The molecule has 1 saturated heterocycles. The second kappa shape index (κ2) is 7.05. The molecule has 2 atom stereocenters. The van der Waals surface area contributed by atoms with E-state index < -0.39 is 12.3 Å². The fourth-order valence-electron chi connectivity index (χ4n) is 2.72. The first-order valence-electron chi connectivity index (χ1n) is 7.28. The van der Waals surface area contributed by atoms with Crippen LogP contribution in [0.4, 0.5) is 4.79 Å². The van der Waals surface area contributed by atoms with Gasteiger partial charge in [0, 0.05) is 18.9 Å². The molecule has 0 aliphatic carbocycles. The van der Waals surface area contributed by atoms with Gasteiger partial charge in [-0.05, 0) is 19.3 Å². The highest BCUT2D eigenvalue weighted by Crippen LogP contribution is 2.29. The molecule has 2 unspecified atom stereocenters. The molecule has 0 radical (unpaired) electrons. The SMILES string of the molecule is CCCC(=O)NC1C(c2cn[nH]n2)CCCCN1C(=O)O. The van der Waals surface area contributed by atoms with Crippen molar-refractivity contribution in [1.29, 1.82) is 0 Å². The normalized spacial score (nSPS) is 22.6. The van der Waals surface area contributed by atoms with Crippen molar-refractivity contribution in [3.05, 3.63) is 11.9 Å². The van der Waals surface area contributed by atoms with Crippen LogP contribution < -0.4 is 5.32 Å². The quantitative estimate of drug-likeness (QED) is 0.775. The molecule has 1 aromatic heterocycles. The van der Waals surface area contributed by atoms with Crippen molar-refractivity contribution in [1.82, 2.24) is 25.6 Å². The molecule has 1 aliphatic rings. The Morgan fingerprint density at radius 2 is 2.33 bits per heavy atom. The smallest absolute Gasteiger partial charge is 0.408 e. The summed E-state index contributed by atoms with van der Waals surface area (Å²) < 4.78 is 0. The van der Waals surface area contributed by atoms with Crippen LogP contribution in [0.3, 0.4) is 0 Å². The zero-order chi connectivity index (χ0) is 15.2. The van der Waals surface area contributed by atoms with E-state index in [1.165, 1.54) is 4.90 Å². The minimum atomic E-state index is -1.02. The molecular formula is C13H21N5O3. The molecule has 2 rings (SSSR count). The fourth-order valence-corrected chi connectivity index (χ4v) is 2.72. The summed E-state index contributed by atoms with van der Waals surface area (Å²) in [5.41, 5.74) is 0.685. The largest absolute Gasteiger partial charge is 0.465 e. The van der Waals surface area contributed by atoms with Crippen LogP contribution in [0, 0.1) is 0 Å². The highest BCUT2D eigenvalue weighted by atomic mass is 16.4. The summed E-state index contributed by atoms with van der Waals surface area (Å²) in [6.07, 6.45) is 3.53. The standard InChI is InChI=1S/C13H21N5O3/c1-2-5-11(19)15-12-9(10-8-14-17-16-10)6-3-4-7-18(12)13(20)21/h8-9,12H,2-7H2,1H3,(H,15,19)(H,20,21)(H,14,16,17). The van der Waals surface area contributed by atoms with Gasteiger partial charge in [-0.1, -0.05) is 13.3 Å². The molecule has 2 heterocycles. The van der Waals surface area contributed by atoms with E-state index in [1.807, 2.05) is 6.92 Å². The van der Waals surface area contributed by atoms with Gasteiger partial charge < -0.3 is 10.4 Å². The Labute approximate surface area is 122 Å². The Kier molecular flexibility index (Phi) is 5.13. The van der Waals surface area contributed by atoms with Crippen molar-refractivity contribution in [2.24, 2.45) is 0 Å². The molecule has 3 N–H and O–H groups in total. The van der Waals surface area contributed by atoms with Crippen LogP contribution in [-0.2, 0) is 4.79 Å². The van der Waals surface area contributed by atoms with Gasteiger partial charge in [-0.3, -0.25) is 9.69 Å². The van der Waals surface area contributed by atoms with E-state index in [0.717, 1.165) is 25.7 Å². The molecule has 0 spiro atoms. The van der Waals surface area contributed by atoms with Gasteiger partial charge in [-0.15, -0.1) is 0 Å². The lowest BCUT2D eigenvalue weighted by atomic mass is 9.96. The van der Waals surface area contributed by atoms with E-state index in [4.69, 9.17) is 0 Å². The molecule has 0 saturated carbocycles. The highest BCUT2D eigenvalue weighted by molar-refractivity contribution is 5.77. The second-order valence-corrected chi connectivity index (χ2v) is 5.24. The summed E-state index contributed by atoms with van der Waals surface area (Å²) in [6, 6.07) is 0. The first-order chi connectivity index (χ1) is 10.1. The molecule has 8 nitrogen and oxygen atoms in total. The summed E-state index contributed by atoms with van der Waals surface area (Å²) in [7, 11) is 0. The molecule has 0 bridgehead atoms. The van der Waals surface area contributed by atoms with Gasteiger partial charge in [0.15, 0.2) is 0 Å². The number of carbonyl (C=O) groups excluding carboxylic acids is 1. The molecule has 2 amide bonds. The lowest BCUT2D eigenvalue weighted by Crippen LogP contribution is -2.53. The van der Waals surface area contributed by atoms with E-state index in [1.54, 1.807) is 6.20 Å². The van der Waals surface area contributed by atoms with E-state index in [0.29, 0.717) is 18.7 Å². The zero-order valence-electron chi connectivity index (χ0n) is 12.1. The summed E-state index contributed by atoms with van der Waals surface area (Å²) in [6.45, 7) is 2.33. The van der Waals surface area contributed by atoms with Gasteiger partial charge in [0.25, 0.3) is 0 Å². The number of amides is 2. The first-order valence-corrected chi connectivity index (χ1v) is 7.28. The topological polar surface area (TPSA) is 111 Å². The maximum absolute atomic E-state index is 11.9. The molecular weight excluding hydrogens is 274 g/mol. The Hall–Kier alpha value is -2.12. The highest BCUT2D eigenvalue weighted by Gasteiger charge is 2.35. The zero-order valence-corrected chi connectivity index (χ0v) is 12.1. The molecule has 0 aromatic carbocycles. The number of aromatic nitrogens is 3. The third-order valence-electron chi connectivity index (χ3n) is 3.73. The number of nitrogens with one attached hydrogen (secondary N) is 2. The number of rotatable bonds is 4. The molecule has 1 fully saturated rings. The van der Waals surface area contributed by atoms with E-state index in [-0.39, 0.29) is 11.8 Å².